The lowest BCUT2D eigenvalue weighted by molar-refractivity contribution is 0.0881. The van der Waals surface area contributed by atoms with Crippen molar-refractivity contribution >= 4 is 16.8 Å². The van der Waals surface area contributed by atoms with Crippen LogP contribution in [0.4, 0.5) is 4.39 Å². The lowest BCUT2D eigenvalue weighted by Gasteiger charge is -2.35. The number of piperidine rings is 1. The van der Waals surface area contributed by atoms with Gasteiger partial charge in [-0.15, -0.1) is 0 Å². The van der Waals surface area contributed by atoms with Gasteiger partial charge in [0, 0.05) is 42.3 Å². The Morgan fingerprint density at radius 3 is 2.60 bits per heavy atom. The van der Waals surface area contributed by atoms with Gasteiger partial charge in [0.15, 0.2) is 0 Å². The van der Waals surface area contributed by atoms with Gasteiger partial charge in [-0.2, -0.15) is 0 Å². The molecule has 1 amide bonds. The van der Waals surface area contributed by atoms with Crippen LogP contribution < -0.4 is 16.2 Å². The quantitative estimate of drug-likeness (QED) is 0.537. The molecule has 2 aliphatic rings. The smallest absolute Gasteiger partial charge is 0.253 e. The third-order valence-corrected chi connectivity index (χ3v) is 6.29. The Labute approximate surface area is 174 Å². The highest BCUT2D eigenvalue weighted by Gasteiger charge is 2.32. The van der Waals surface area contributed by atoms with Gasteiger partial charge >= 0.3 is 0 Å². The fraction of sp³-hybridized carbons (Fsp3) is 0.348. The zero-order chi connectivity index (χ0) is 20.5. The number of hydrogen-bond acceptors (Lipinski definition) is 4. The van der Waals surface area contributed by atoms with Crippen LogP contribution in [0.5, 0.6) is 0 Å². The van der Waals surface area contributed by atoms with Gasteiger partial charge in [-0.3, -0.25) is 9.69 Å². The molecule has 0 spiro atoms. The largest absolute Gasteiger partial charge is 0.360 e. The SMILES string of the molecule is O=C(NC1CCN(C2CC(c3ccc(F)cc3)NN2)CC1)c1c[nH]c2ccccc12. The molecule has 2 saturated heterocycles. The molecule has 30 heavy (non-hydrogen) atoms. The molecule has 4 N–H and O–H groups in total. The third-order valence-electron chi connectivity index (χ3n) is 6.29. The summed E-state index contributed by atoms with van der Waals surface area (Å²) in [6.45, 7) is 1.85. The number of amides is 1. The van der Waals surface area contributed by atoms with Crippen molar-refractivity contribution in [1.82, 2.24) is 26.1 Å². The van der Waals surface area contributed by atoms with Crippen LogP contribution >= 0.6 is 0 Å². The molecule has 7 heteroatoms. The number of hydrogen-bond donors (Lipinski definition) is 4. The van der Waals surface area contributed by atoms with Crippen LogP contribution in [0.3, 0.4) is 0 Å². The number of H-pyrrole nitrogens is 1. The normalized spacial score (nSPS) is 23.1. The molecule has 2 aromatic carbocycles. The van der Waals surface area contributed by atoms with Crippen LogP contribution in [0.2, 0.25) is 0 Å². The Bertz CT molecular complexity index is 1030. The first-order valence-electron chi connectivity index (χ1n) is 10.5. The molecule has 0 bridgehead atoms. The molecule has 156 valence electrons. The molecule has 2 atom stereocenters. The molecule has 0 aliphatic carbocycles. The summed E-state index contributed by atoms with van der Waals surface area (Å²) in [7, 11) is 0. The van der Waals surface area contributed by atoms with Crippen LogP contribution in [-0.4, -0.2) is 41.1 Å². The van der Waals surface area contributed by atoms with Crippen LogP contribution in [0, 0.1) is 5.82 Å². The standard InChI is InChI=1S/C23H26FN5O/c24-16-7-5-15(6-8-16)21-13-22(28-27-21)29-11-9-17(10-12-29)26-23(30)19-14-25-20-4-2-1-3-18(19)20/h1-8,14,17,21-22,25,27-28H,9-13H2,(H,26,30). The van der Waals surface area contributed by atoms with E-state index in [0.29, 0.717) is 5.56 Å². The molecule has 0 saturated carbocycles. The highest BCUT2D eigenvalue weighted by molar-refractivity contribution is 6.06. The number of nitrogens with zero attached hydrogens (tertiary/aromatic N) is 1. The number of aromatic amines is 1. The van der Waals surface area contributed by atoms with Crippen molar-refractivity contribution in [2.75, 3.05) is 13.1 Å². The Morgan fingerprint density at radius 2 is 1.80 bits per heavy atom. The van der Waals surface area contributed by atoms with Crippen molar-refractivity contribution in [2.24, 2.45) is 0 Å². The van der Waals surface area contributed by atoms with E-state index in [1.54, 1.807) is 6.20 Å². The van der Waals surface area contributed by atoms with Crippen LogP contribution in [0.15, 0.2) is 54.7 Å². The minimum atomic E-state index is -0.210. The number of aromatic nitrogens is 1. The Morgan fingerprint density at radius 1 is 1.03 bits per heavy atom. The second-order valence-electron chi connectivity index (χ2n) is 8.18. The molecule has 2 aliphatic heterocycles. The summed E-state index contributed by atoms with van der Waals surface area (Å²) < 4.78 is 13.2. The molecule has 6 nitrogen and oxygen atoms in total. The van der Waals surface area contributed by atoms with E-state index < -0.39 is 0 Å². The number of rotatable bonds is 4. The number of likely N-dealkylation sites (tertiary alicyclic amines) is 1. The molecule has 2 fully saturated rings. The van der Waals surface area contributed by atoms with E-state index in [1.807, 2.05) is 36.4 Å². The van der Waals surface area contributed by atoms with E-state index in [1.165, 1.54) is 12.1 Å². The molecular formula is C23H26FN5O. The van der Waals surface area contributed by atoms with Crippen molar-refractivity contribution in [2.45, 2.75) is 37.5 Å². The Kier molecular flexibility index (Phi) is 5.25. The van der Waals surface area contributed by atoms with Gasteiger partial charge < -0.3 is 10.3 Å². The minimum Gasteiger partial charge on any atom is -0.360 e. The predicted octanol–water partition coefficient (Wildman–Crippen LogP) is 3.07. The number of benzene rings is 2. The number of carbonyl (C=O) groups excluding carboxylic acids is 1. The van der Waals surface area contributed by atoms with Gasteiger partial charge in [0.25, 0.3) is 5.91 Å². The lowest BCUT2D eigenvalue weighted by Crippen LogP contribution is -2.51. The molecule has 3 heterocycles. The molecular weight excluding hydrogens is 381 g/mol. The van der Waals surface area contributed by atoms with Gasteiger partial charge in [-0.1, -0.05) is 30.3 Å². The average molecular weight is 407 g/mol. The Balaban J connectivity index is 1.14. The second kappa shape index (κ2) is 8.18. The van der Waals surface area contributed by atoms with Gasteiger partial charge in [-0.25, -0.2) is 15.2 Å². The number of nitrogens with one attached hydrogen (secondary N) is 4. The third kappa shape index (κ3) is 3.84. The first-order chi connectivity index (χ1) is 14.7. The number of halogens is 1. The molecule has 5 rings (SSSR count). The summed E-state index contributed by atoms with van der Waals surface area (Å²) >= 11 is 0. The van der Waals surface area contributed by atoms with Gasteiger partial charge in [-0.05, 0) is 43.0 Å². The average Bonchev–Trinajstić information content (AvgIpc) is 3.42. The maximum Gasteiger partial charge on any atom is 0.253 e. The van der Waals surface area contributed by atoms with Crippen LogP contribution in [0.25, 0.3) is 10.9 Å². The van der Waals surface area contributed by atoms with E-state index in [0.717, 1.165) is 48.8 Å². The van der Waals surface area contributed by atoms with Gasteiger partial charge in [0.2, 0.25) is 0 Å². The van der Waals surface area contributed by atoms with Crippen LogP contribution in [0.1, 0.15) is 41.2 Å². The van der Waals surface area contributed by atoms with Crippen molar-refractivity contribution in [1.29, 1.82) is 0 Å². The van der Waals surface area contributed by atoms with E-state index >= 15 is 0 Å². The van der Waals surface area contributed by atoms with Crippen molar-refractivity contribution < 1.29 is 9.18 Å². The molecule has 1 aromatic heterocycles. The fourth-order valence-electron chi connectivity index (χ4n) is 4.57. The topological polar surface area (TPSA) is 72.2 Å². The number of para-hydroxylation sites is 1. The summed E-state index contributed by atoms with van der Waals surface area (Å²) in [5.74, 6) is -0.221. The van der Waals surface area contributed by atoms with E-state index in [4.69, 9.17) is 0 Å². The van der Waals surface area contributed by atoms with E-state index in [9.17, 15) is 9.18 Å². The van der Waals surface area contributed by atoms with E-state index in [-0.39, 0.29) is 30.0 Å². The number of fused-ring (bicyclic) bond motifs is 1. The highest BCUT2D eigenvalue weighted by Crippen LogP contribution is 2.26. The Hall–Kier alpha value is -2.74. The maximum absolute atomic E-state index is 13.2. The predicted molar refractivity (Wildman–Crippen MR) is 114 cm³/mol. The highest BCUT2D eigenvalue weighted by atomic mass is 19.1. The number of carbonyl (C=O) groups is 1. The van der Waals surface area contributed by atoms with Gasteiger partial charge in [0.05, 0.1) is 11.7 Å². The number of hydrazine groups is 1. The summed E-state index contributed by atoms with van der Waals surface area (Å²) in [6.07, 6.45) is 4.81. The van der Waals surface area contributed by atoms with Gasteiger partial charge in [0.1, 0.15) is 5.82 Å². The lowest BCUT2D eigenvalue weighted by atomic mass is 10.0. The second-order valence-corrected chi connectivity index (χ2v) is 8.18. The first-order valence-corrected chi connectivity index (χ1v) is 10.5. The summed E-state index contributed by atoms with van der Waals surface area (Å²) in [6, 6.07) is 14.9. The monoisotopic (exact) mass is 407 g/mol. The minimum absolute atomic E-state index is 0.0112. The van der Waals surface area contributed by atoms with Crippen molar-refractivity contribution in [3.8, 4) is 0 Å². The van der Waals surface area contributed by atoms with Crippen molar-refractivity contribution in [3.05, 3.63) is 71.7 Å². The fourth-order valence-corrected chi connectivity index (χ4v) is 4.57. The summed E-state index contributed by atoms with van der Waals surface area (Å²) in [5, 5.41) is 4.17. The maximum atomic E-state index is 13.2. The van der Waals surface area contributed by atoms with E-state index in [2.05, 4.69) is 26.1 Å². The zero-order valence-corrected chi connectivity index (χ0v) is 16.7. The first kappa shape index (κ1) is 19.2. The summed E-state index contributed by atoms with van der Waals surface area (Å²) in [5.41, 5.74) is 9.48. The molecule has 2 unspecified atom stereocenters. The van der Waals surface area contributed by atoms with Crippen molar-refractivity contribution in [3.63, 3.8) is 0 Å². The summed E-state index contributed by atoms with van der Waals surface area (Å²) in [4.78, 5) is 18.3. The van der Waals surface area contributed by atoms with Crippen LogP contribution in [-0.2, 0) is 0 Å². The molecule has 0 radical (unpaired) electrons. The zero-order valence-electron chi connectivity index (χ0n) is 16.7. The molecule has 3 aromatic rings.